The second-order valence-electron chi connectivity index (χ2n) is 6.69. The van der Waals surface area contributed by atoms with Crippen molar-refractivity contribution in [1.29, 1.82) is 0 Å². The molecular weight excluding hydrogens is 370 g/mol. The van der Waals surface area contributed by atoms with E-state index in [1.807, 2.05) is 24.3 Å². The molecule has 142 valence electrons. The minimum Gasteiger partial charge on any atom is -0.479 e. The minimum absolute atomic E-state index is 0.127. The van der Waals surface area contributed by atoms with Crippen molar-refractivity contribution in [2.24, 2.45) is 0 Å². The second-order valence-corrected chi connectivity index (χ2v) is 7.10. The lowest BCUT2D eigenvalue weighted by atomic mass is 10.0. The predicted molar refractivity (Wildman–Crippen MR) is 102 cm³/mol. The molecule has 2 aliphatic rings. The second kappa shape index (κ2) is 7.34. The normalized spacial score (nSPS) is 24.6. The third kappa shape index (κ3) is 3.71. The maximum Gasteiger partial charge on any atom is 0.265 e. The van der Waals surface area contributed by atoms with Gasteiger partial charge in [-0.3, -0.25) is 4.79 Å². The van der Waals surface area contributed by atoms with Crippen molar-refractivity contribution in [2.45, 2.75) is 31.6 Å². The van der Waals surface area contributed by atoms with Crippen molar-refractivity contribution in [2.75, 3.05) is 23.8 Å². The lowest BCUT2D eigenvalue weighted by Gasteiger charge is -2.29. The van der Waals surface area contributed by atoms with E-state index < -0.39 is 12.2 Å². The van der Waals surface area contributed by atoms with Crippen LogP contribution in [0.1, 0.15) is 13.3 Å². The molecule has 1 aromatic carbocycles. The van der Waals surface area contributed by atoms with E-state index >= 15 is 0 Å². The van der Waals surface area contributed by atoms with Crippen LogP contribution < -0.4 is 15.4 Å². The standard InChI is InChI=1S/C19H20ClN3O4/c1-10-19(25)23-15-6-11(2-3-17(15)27-10)12-7-18(21-8-13(12)20)22-14-4-5-26-9-16(14)24/h2-3,6-8,10,14,16,24H,4-5,9H2,1H3,(H,21,22)(H,23,25)/t10-,14+,16+/m0/s1. The molecule has 0 radical (unpaired) electrons. The van der Waals surface area contributed by atoms with Gasteiger partial charge in [0, 0.05) is 18.4 Å². The van der Waals surface area contributed by atoms with Crippen molar-refractivity contribution in [1.82, 2.24) is 4.98 Å². The lowest BCUT2D eigenvalue weighted by molar-refractivity contribution is -0.122. The van der Waals surface area contributed by atoms with Crippen LogP contribution in [0.4, 0.5) is 11.5 Å². The van der Waals surface area contributed by atoms with E-state index in [2.05, 4.69) is 15.6 Å². The number of nitrogens with one attached hydrogen (secondary N) is 2. The zero-order valence-corrected chi connectivity index (χ0v) is 15.5. The molecule has 0 bridgehead atoms. The molecule has 3 heterocycles. The lowest BCUT2D eigenvalue weighted by Crippen LogP contribution is -2.42. The fourth-order valence-corrected chi connectivity index (χ4v) is 3.41. The van der Waals surface area contributed by atoms with E-state index in [4.69, 9.17) is 21.1 Å². The van der Waals surface area contributed by atoms with Gasteiger partial charge in [0.25, 0.3) is 5.91 Å². The number of nitrogens with zero attached hydrogens (tertiary/aromatic N) is 1. The first kappa shape index (κ1) is 18.0. The quantitative estimate of drug-likeness (QED) is 0.747. The van der Waals surface area contributed by atoms with Gasteiger partial charge in [-0.25, -0.2) is 4.98 Å². The van der Waals surface area contributed by atoms with Crippen LogP contribution >= 0.6 is 11.6 Å². The van der Waals surface area contributed by atoms with Crippen LogP contribution in [0, 0.1) is 0 Å². The Hall–Kier alpha value is -2.35. The summed E-state index contributed by atoms with van der Waals surface area (Å²) in [5.41, 5.74) is 2.21. The fourth-order valence-electron chi connectivity index (χ4n) is 3.20. The summed E-state index contributed by atoms with van der Waals surface area (Å²) in [5.74, 6) is 1.06. The summed E-state index contributed by atoms with van der Waals surface area (Å²) in [7, 11) is 0. The summed E-state index contributed by atoms with van der Waals surface area (Å²) in [4.78, 5) is 16.2. The van der Waals surface area contributed by atoms with Gasteiger partial charge in [0.1, 0.15) is 11.6 Å². The highest BCUT2D eigenvalue weighted by atomic mass is 35.5. The van der Waals surface area contributed by atoms with E-state index in [-0.39, 0.29) is 11.9 Å². The topological polar surface area (TPSA) is 92.7 Å². The number of hydrogen-bond acceptors (Lipinski definition) is 6. The first-order valence-corrected chi connectivity index (χ1v) is 9.19. The number of pyridine rings is 1. The van der Waals surface area contributed by atoms with Crippen molar-refractivity contribution >= 4 is 29.0 Å². The number of ether oxygens (including phenoxy) is 2. The molecule has 2 aliphatic heterocycles. The SMILES string of the molecule is C[C@@H]1Oc2ccc(-c3cc(N[C@@H]4CCOC[C@H]4O)ncc3Cl)cc2NC1=O. The Kier molecular flexibility index (Phi) is 4.90. The van der Waals surface area contributed by atoms with Gasteiger partial charge >= 0.3 is 0 Å². The molecule has 27 heavy (non-hydrogen) atoms. The molecule has 2 aromatic rings. The number of rotatable bonds is 3. The Morgan fingerprint density at radius 2 is 2.22 bits per heavy atom. The number of anilines is 2. The van der Waals surface area contributed by atoms with Gasteiger partial charge < -0.3 is 25.2 Å². The van der Waals surface area contributed by atoms with Crippen molar-refractivity contribution in [3.05, 3.63) is 35.5 Å². The Labute approximate surface area is 161 Å². The average Bonchev–Trinajstić information content (AvgIpc) is 2.66. The van der Waals surface area contributed by atoms with Crippen LogP contribution in [0.2, 0.25) is 5.02 Å². The van der Waals surface area contributed by atoms with E-state index in [0.29, 0.717) is 41.9 Å². The van der Waals surface area contributed by atoms with E-state index in [1.165, 1.54) is 0 Å². The third-order valence-corrected chi connectivity index (χ3v) is 5.04. The van der Waals surface area contributed by atoms with Crippen molar-refractivity contribution in [3.63, 3.8) is 0 Å². The molecule has 7 nitrogen and oxygen atoms in total. The van der Waals surface area contributed by atoms with Crippen molar-refractivity contribution in [3.8, 4) is 16.9 Å². The maximum atomic E-state index is 11.9. The number of aromatic nitrogens is 1. The van der Waals surface area contributed by atoms with Crippen LogP contribution in [-0.2, 0) is 9.53 Å². The number of carbonyl (C=O) groups is 1. The predicted octanol–water partition coefficient (Wildman–Crippen LogP) is 2.68. The number of benzene rings is 1. The van der Waals surface area contributed by atoms with Gasteiger partial charge in [0.2, 0.25) is 0 Å². The number of hydrogen-bond donors (Lipinski definition) is 3. The monoisotopic (exact) mass is 389 g/mol. The zero-order chi connectivity index (χ0) is 19.0. The summed E-state index contributed by atoms with van der Waals surface area (Å²) in [6.07, 6.45) is 1.16. The molecule has 0 spiro atoms. The number of fused-ring (bicyclic) bond motifs is 1. The summed E-state index contributed by atoms with van der Waals surface area (Å²) < 4.78 is 10.8. The largest absolute Gasteiger partial charge is 0.479 e. The molecule has 8 heteroatoms. The number of carbonyl (C=O) groups excluding carboxylic acids is 1. The van der Waals surface area contributed by atoms with Gasteiger partial charge in [-0.2, -0.15) is 0 Å². The van der Waals surface area contributed by atoms with E-state index in [0.717, 1.165) is 11.1 Å². The van der Waals surface area contributed by atoms with Crippen LogP contribution in [0.15, 0.2) is 30.5 Å². The molecule has 1 saturated heterocycles. The molecule has 3 N–H and O–H groups in total. The summed E-state index contributed by atoms with van der Waals surface area (Å²) >= 11 is 6.36. The third-order valence-electron chi connectivity index (χ3n) is 4.74. The molecule has 1 amide bonds. The number of halogens is 1. The smallest absolute Gasteiger partial charge is 0.265 e. The Bertz CT molecular complexity index is 876. The van der Waals surface area contributed by atoms with Gasteiger partial charge in [0.05, 0.1) is 29.5 Å². The van der Waals surface area contributed by atoms with Gasteiger partial charge in [0.15, 0.2) is 6.10 Å². The zero-order valence-electron chi connectivity index (χ0n) is 14.7. The molecule has 0 unspecified atom stereocenters. The maximum absolute atomic E-state index is 11.9. The van der Waals surface area contributed by atoms with Crippen LogP contribution in [-0.4, -0.2) is 47.5 Å². The highest BCUT2D eigenvalue weighted by Gasteiger charge is 2.25. The Balaban J connectivity index is 1.62. The van der Waals surface area contributed by atoms with E-state index in [9.17, 15) is 9.90 Å². The molecule has 0 saturated carbocycles. The molecule has 1 aromatic heterocycles. The highest BCUT2D eigenvalue weighted by Crippen LogP contribution is 2.37. The summed E-state index contributed by atoms with van der Waals surface area (Å²) in [6.45, 7) is 2.60. The van der Waals surface area contributed by atoms with Crippen LogP contribution in [0.25, 0.3) is 11.1 Å². The highest BCUT2D eigenvalue weighted by molar-refractivity contribution is 6.33. The van der Waals surface area contributed by atoms with Gasteiger partial charge in [-0.05, 0) is 37.1 Å². The number of aliphatic hydroxyl groups is 1. The molecule has 0 aliphatic carbocycles. The summed E-state index contributed by atoms with van der Waals surface area (Å²) in [5, 5.41) is 16.6. The fraction of sp³-hybridized carbons (Fsp3) is 0.368. The van der Waals surface area contributed by atoms with Gasteiger partial charge in [-0.1, -0.05) is 17.7 Å². The molecule has 4 rings (SSSR count). The van der Waals surface area contributed by atoms with E-state index in [1.54, 1.807) is 13.1 Å². The molecular formula is C19H20ClN3O4. The minimum atomic E-state index is -0.585. The Morgan fingerprint density at radius 1 is 1.37 bits per heavy atom. The van der Waals surface area contributed by atoms with Crippen LogP contribution in [0.5, 0.6) is 5.75 Å². The Morgan fingerprint density at radius 3 is 3.04 bits per heavy atom. The number of aliphatic hydroxyl groups excluding tert-OH is 1. The molecule has 3 atom stereocenters. The average molecular weight is 390 g/mol. The number of amides is 1. The first-order valence-electron chi connectivity index (χ1n) is 8.81. The molecule has 1 fully saturated rings. The first-order chi connectivity index (χ1) is 13.0. The van der Waals surface area contributed by atoms with Crippen LogP contribution in [0.3, 0.4) is 0 Å². The van der Waals surface area contributed by atoms with Crippen molar-refractivity contribution < 1.29 is 19.4 Å². The summed E-state index contributed by atoms with van der Waals surface area (Å²) in [6, 6.07) is 7.23. The van der Waals surface area contributed by atoms with Gasteiger partial charge in [-0.15, -0.1) is 0 Å².